The third kappa shape index (κ3) is 2.95. The third-order valence-corrected chi connectivity index (χ3v) is 3.54. The van der Waals surface area contributed by atoms with E-state index >= 15 is 0 Å². The van der Waals surface area contributed by atoms with Crippen LogP contribution in [0.25, 0.3) is 0 Å². The lowest BCUT2D eigenvalue weighted by atomic mass is 9.95. The molecule has 0 aromatic heterocycles. The molecule has 4 nitrogen and oxygen atoms in total. The zero-order chi connectivity index (χ0) is 12.0. The van der Waals surface area contributed by atoms with Crippen LogP contribution >= 0.6 is 0 Å². The number of esters is 1. The SMILES string of the molecule is CCC1CCC(NCCOC)(C(=O)OC)C1. The summed E-state index contributed by atoms with van der Waals surface area (Å²) in [6.07, 6.45) is 4.00. The topological polar surface area (TPSA) is 47.6 Å². The molecule has 1 aliphatic rings. The van der Waals surface area contributed by atoms with E-state index in [1.165, 1.54) is 7.11 Å². The molecule has 2 atom stereocenters. The molecule has 1 rings (SSSR count). The normalized spacial score (nSPS) is 29.3. The van der Waals surface area contributed by atoms with Gasteiger partial charge >= 0.3 is 5.97 Å². The van der Waals surface area contributed by atoms with Gasteiger partial charge in [-0.1, -0.05) is 13.3 Å². The van der Waals surface area contributed by atoms with Crippen molar-refractivity contribution in [2.24, 2.45) is 5.92 Å². The predicted molar refractivity (Wildman–Crippen MR) is 62.3 cm³/mol. The standard InChI is InChI=1S/C12H23NO3/c1-4-10-5-6-12(9-10,11(14)16-3)13-7-8-15-2/h10,13H,4-9H2,1-3H3. The van der Waals surface area contributed by atoms with Crippen molar-refractivity contribution in [3.05, 3.63) is 0 Å². The van der Waals surface area contributed by atoms with E-state index in [2.05, 4.69) is 12.2 Å². The third-order valence-electron chi connectivity index (χ3n) is 3.54. The van der Waals surface area contributed by atoms with Crippen molar-refractivity contribution in [3.8, 4) is 0 Å². The van der Waals surface area contributed by atoms with E-state index in [0.29, 0.717) is 19.1 Å². The number of hydrogen-bond donors (Lipinski definition) is 1. The van der Waals surface area contributed by atoms with E-state index in [4.69, 9.17) is 9.47 Å². The van der Waals surface area contributed by atoms with E-state index in [1.54, 1.807) is 7.11 Å². The minimum atomic E-state index is -0.464. The quantitative estimate of drug-likeness (QED) is 0.551. The molecule has 0 aliphatic heterocycles. The van der Waals surface area contributed by atoms with Crippen molar-refractivity contribution in [1.29, 1.82) is 0 Å². The van der Waals surface area contributed by atoms with E-state index in [1.807, 2.05) is 0 Å². The molecule has 1 N–H and O–H groups in total. The minimum Gasteiger partial charge on any atom is -0.468 e. The molecule has 0 spiro atoms. The Labute approximate surface area is 97.7 Å². The molecule has 1 fully saturated rings. The summed E-state index contributed by atoms with van der Waals surface area (Å²) in [4.78, 5) is 11.9. The van der Waals surface area contributed by atoms with Crippen LogP contribution < -0.4 is 5.32 Å². The van der Waals surface area contributed by atoms with Crippen LogP contribution in [0.4, 0.5) is 0 Å². The maximum Gasteiger partial charge on any atom is 0.326 e. The number of hydrogen-bond acceptors (Lipinski definition) is 4. The summed E-state index contributed by atoms with van der Waals surface area (Å²) in [7, 11) is 3.12. The Bertz CT molecular complexity index is 232. The molecule has 94 valence electrons. The number of rotatable bonds is 6. The fourth-order valence-electron chi connectivity index (χ4n) is 2.50. The molecule has 0 heterocycles. The van der Waals surface area contributed by atoms with Gasteiger partial charge in [0, 0.05) is 13.7 Å². The lowest BCUT2D eigenvalue weighted by molar-refractivity contribution is -0.148. The summed E-state index contributed by atoms with van der Waals surface area (Å²) in [6.45, 7) is 3.49. The van der Waals surface area contributed by atoms with Gasteiger partial charge in [0.15, 0.2) is 0 Å². The van der Waals surface area contributed by atoms with Crippen molar-refractivity contribution in [3.63, 3.8) is 0 Å². The second-order valence-corrected chi connectivity index (χ2v) is 4.51. The molecule has 0 saturated heterocycles. The molecule has 16 heavy (non-hydrogen) atoms. The maximum absolute atomic E-state index is 11.9. The number of carbonyl (C=O) groups excluding carboxylic acids is 1. The molecule has 0 bridgehead atoms. The molecule has 0 radical (unpaired) electrons. The number of carbonyl (C=O) groups is 1. The van der Waals surface area contributed by atoms with Crippen molar-refractivity contribution in [2.45, 2.75) is 38.1 Å². The highest BCUT2D eigenvalue weighted by atomic mass is 16.5. The summed E-state index contributed by atoms with van der Waals surface area (Å²) < 4.78 is 9.92. The van der Waals surface area contributed by atoms with Crippen LogP contribution in [0.5, 0.6) is 0 Å². The molecule has 0 aromatic carbocycles. The van der Waals surface area contributed by atoms with Gasteiger partial charge in [-0.05, 0) is 25.2 Å². The summed E-state index contributed by atoms with van der Waals surface area (Å²) in [6, 6.07) is 0. The molecule has 0 amide bonds. The summed E-state index contributed by atoms with van der Waals surface area (Å²) in [5, 5.41) is 3.31. The van der Waals surface area contributed by atoms with Crippen molar-refractivity contribution >= 4 is 5.97 Å². The van der Waals surface area contributed by atoms with Gasteiger partial charge in [0.1, 0.15) is 5.54 Å². The predicted octanol–water partition coefficient (Wildman–Crippen LogP) is 1.34. The van der Waals surface area contributed by atoms with Crippen LogP contribution in [0.15, 0.2) is 0 Å². The lowest BCUT2D eigenvalue weighted by Gasteiger charge is -2.27. The Morgan fingerprint density at radius 2 is 2.25 bits per heavy atom. The average Bonchev–Trinajstić information content (AvgIpc) is 2.73. The van der Waals surface area contributed by atoms with Gasteiger partial charge in [-0.25, -0.2) is 0 Å². The van der Waals surface area contributed by atoms with Gasteiger partial charge in [0.2, 0.25) is 0 Å². The summed E-state index contributed by atoms with van der Waals surface area (Å²) >= 11 is 0. The second-order valence-electron chi connectivity index (χ2n) is 4.51. The van der Waals surface area contributed by atoms with Gasteiger partial charge in [-0.3, -0.25) is 10.1 Å². The van der Waals surface area contributed by atoms with E-state index in [9.17, 15) is 4.79 Å². The second kappa shape index (κ2) is 6.21. The molecule has 2 unspecified atom stereocenters. The zero-order valence-electron chi connectivity index (χ0n) is 10.5. The van der Waals surface area contributed by atoms with Crippen molar-refractivity contribution in [1.82, 2.24) is 5.32 Å². The molecule has 0 aromatic rings. The zero-order valence-corrected chi connectivity index (χ0v) is 10.5. The largest absolute Gasteiger partial charge is 0.468 e. The first-order chi connectivity index (χ1) is 7.68. The van der Waals surface area contributed by atoms with E-state index in [-0.39, 0.29) is 5.97 Å². The van der Waals surface area contributed by atoms with E-state index < -0.39 is 5.54 Å². The van der Waals surface area contributed by atoms with Crippen LogP contribution in [-0.4, -0.2) is 38.9 Å². The number of ether oxygens (including phenoxy) is 2. The van der Waals surface area contributed by atoms with Crippen LogP contribution in [-0.2, 0) is 14.3 Å². The fraction of sp³-hybridized carbons (Fsp3) is 0.917. The maximum atomic E-state index is 11.9. The van der Waals surface area contributed by atoms with Gasteiger partial charge in [0.05, 0.1) is 13.7 Å². The minimum absolute atomic E-state index is 0.125. The first kappa shape index (κ1) is 13.5. The lowest BCUT2D eigenvalue weighted by Crippen LogP contribution is -2.51. The molecule has 4 heteroatoms. The smallest absolute Gasteiger partial charge is 0.326 e. The number of methoxy groups -OCH3 is 2. The molecular weight excluding hydrogens is 206 g/mol. The Hall–Kier alpha value is -0.610. The number of nitrogens with one attached hydrogen (secondary N) is 1. The fourth-order valence-corrected chi connectivity index (χ4v) is 2.50. The highest BCUT2D eigenvalue weighted by Crippen LogP contribution is 2.37. The average molecular weight is 229 g/mol. The highest BCUT2D eigenvalue weighted by Gasteiger charge is 2.45. The van der Waals surface area contributed by atoms with Crippen LogP contribution in [0, 0.1) is 5.92 Å². The van der Waals surface area contributed by atoms with Crippen LogP contribution in [0.3, 0.4) is 0 Å². The Balaban J connectivity index is 2.59. The van der Waals surface area contributed by atoms with E-state index in [0.717, 1.165) is 25.7 Å². The van der Waals surface area contributed by atoms with Crippen LogP contribution in [0.2, 0.25) is 0 Å². The van der Waals surface area contributed by atoms with Gasteiger partial charge in [-0.2, -0.15) is 0 Å². The molecule has 1 aliphatic carbocycles. The molecular formula is C12H23NO3. The summed E-state index contributed by atoms with van der Waals surface area (Å²) in [5.41, 5.74) is -0.464. The monoisotopic (exact) mass is 229 g/mol. The van der Waals surface area contributed by atoms with Crippen molar-refractivity contribution in [2.75, 3.05) is 27.4 Å². The first-order valence-corrected chi connectivity index (χ1v) is 6.01. The van der Waals surface area contributed by atoms with Gasteiger partial charge < -0.3 is 9.47 Å². The Morgan fingerprint density at radius 1 is 1.50 bits per heavy atom. The van der Waals surface area contributed by atoms with Crippen molar-refractivity contribution < 1.29 is 14.3 Å². The van der Waals surface area contributed by atoms with Crippen LogP contribution in [0.1, 0.15) is 32.6 Å². The first-order valence-electron chi connectivity index (χ1n) is 6.01. The Kier molecular flexibility index (Phi) is 5.22. The molecule has 1 saturated carbocycles. The Morgan fingerprint density at radius 3 is 2.75 bits per heavy atom. The van der Waals surface area contributed by atoms with Gasteiger partial charge in [0.25, 0.3) is 0 Å². The van der Waals surface area contributed by atoms with Gasteiger partial charge in [-0.15, -0.1) is 0 Å². The summed E-state index contributed by atoms with van der Waals surface area (Å²) in [5.74, 6) is 0.508. The highest BCUT2D eigenvalue weighted by molar-refractivity contribution is 5.81.